The van der Waals surface area contributed by atoms with Gasteiger partial charge in [-0.25, -0.2) is 0 Å². The number of hydrogen-bond acceptors (Lipinski definition) is 7. The van der Waals surface area contributed by atoms with Gasteiger partial charge < -0.3 is 15.8 Å². The van der Waals surface area contributed by atoms with Gasteiger partial charge in [0.25, 0.3) is 17.7 Å². The lowest BCUT2D eigenvalue weighted by atomic mass is 10.1. The standard InChI is InChI=1S/C24H26N4O6.C3H8.C2H6/c1-15(5-10-20(30)27-14-29)28-23(32)18-3-2-4-19(22(18)24(28)33)34-13-21(31)26-12-17-8-6-16(11-25)7-9-17;1-3-2;1-2/h2-4,6-9,14-15H,5,10-13,25H2,1H3,(H,26,31)(H,27,29,30);3H2,1-2H3;1-2H3. The molecule has 3 rings (SSSR count). The summed E-state index contributed by atoms with van der Waals surface area (Å²) < 4.78 is 5.58. The number of hydrogen-bond donors (Lipinski definition) is 3. The van der Waals surface area contributed by atoms with Crippen molar-refractivity contribution in [3.8, 4) is 5.75 Å². The predicted molar refractivity (Wildman–Crippen MR) is 149 cm³/mol. The Kier molecular flexibility index (Phi) is 14.8. The third kappa shape index (κ3) is 9.64. The molecule has 0 aliphatic carbocycles. The lowest BCUT2D eigenvalue weighted by Crippen LogP contribution is -2.38. The van der Waals surface area contributed by atoms with Crippen LogP contribution in [-0.4, -0.2) is 47.6 Å². The van der Waals surface area contributed by atoms with Gasteiger partial charge in [0.1, 0.15) is 5.75 Å². The summed E-state index contributed by atoms with van der Waals surface area (Å²) in [5.41, 5.74) is 7.72. The Hall–Kier alpha value is -4.05. The highest BCUT2D eigenvalue weighted by atomic mass is 16.5. The van der Waals surface area contributed by atoms with Crippen molar-refractivity contribution in [2.24, 2.45) is 5.73 Å². The molecule has 212 valence electrons. The molecule has 1 heterocycles. The zero-order chi connectivity index (χ0) is 29.4. The topological polar surface area (TPSA) is 148 Å². The maximum absolute atomic E-state index is 13.0. The second kappa shape index (κ2) is 17.5. The van der Waals surface area contributed by atoms with Crippen LogP contribution in [0, 0.1) is 0 Å². The van der Waals surface area contributed by atoms with Crippen LogP contribution in [0.2, 0.25) is 0 Å². The Labute approximate surface area is 230 Å². The van der Waals surface area contributed by atoms with Crippen molar-refractivity contribution in [1.29, 1.82) is 0 Å². The summed E-state index contributed by atoms with van der Waals surface area (Å²) in [6, 6.07) is 11.5. The van der Waals surface area contributed by atoms with Crippen molar-refractivity contribution < 1.29 is 28.7 Å². The first kappa shape index (κ1) is 33.0. The van der Waals surface area contributed by atoms with E-state index in [2.05, 4.69) is 19.2 Å². The Morgan fingerprint density at radius 2 is 1.62 bits per heavy atom. The Bertz CT molecular complexity index is 1120. The monoisotopic (exact) mass is 540 g/mol. The molecule has 0 aromatic heterocycles. The van der Waals surface area contributed by atoms with Crippen molar-refractivity contribution >= 4 is 30.0 Å². The van der Waals surface area contributed by atoms with Crippen LogP contribution >= 0.6 is 0 Å². The van der Waals surface area contributed by atoms with Gasteiger partial charge in [0, 0.05) is 25.6 Å². The summed E-state index contributed by atoms with van der Waals surface area (Å²) in [6.07, 6.45) is 1.70. The van der Waals surface area contributed by atoms with Gasteiger partial charge in [0.2, 0.25) is 12.3 Å². The molecule has 4 N–H and O–H groups in total. The number of nitrogens with two attached hydrogens (primary N) is 1. The van der Waals surface area contributed by atoms with Crippen LogP contribution < -0.4 is 21.1 Å². The van der Waals surface area contributed by atoms with Gasteiger partial charge in [-0.1, -0.05) is 64.4 Å². The summed E-state index contributed by atoms with van der Waals surface area (Å²) in [6.45, 7) is 10.3. The molecule has 39 heavy (non-hydrogen) atoms. The van der Waals surface area contributed by atoms with E-state index in [9.17, 15) is 24.0 Å². The minimum Gasteiger partial charge on any atom is -0.483 e. The van der Waals surface area contributed by atoms with Gasteiger partial charge >= 0.3 is 0 Å². The average molecular weight is 541 g/mol. The maximum atomic E-state index is 13.0. The number of nitrogens with one attached hydrogen (secondary N) is 2. The third-order valence-electron chi connectivity index (χ3n) is 5.47. The molecule has 2 aromatic rings. The largest absolute Gasteiger partial charge is 0.483 e. The minimum absolute atomic E-state index is 0.0220. The maximum Gasteiger partial charge on any atom is 0.265 e. The quantitative estimate of drug-likeness (QED) is 0.292. The van der Waals surface area contributed by atoms with Gasteiger partial charge in [-0.3, -0.25) is 34.2 Å². The van der Waals surface area contributed by atoms with E-state index >= 15 is 0 Å². The van der Waals surface area contributed by atoms with E-state index in [4.69, 9.17) is 10.5 Å². The van der Waals surface area contributed by atoms with Gasteiger partial charge in [-0.05, 0) is 36.6 Å². The zero-order valence-electron chi connectivity index (χ0n) is 23.4. The summed E-state index contributed by atoms with van der Waals surface area (Å²) in [4.78, 5) is 61.0. The van der Waals surface area contributed by atoms with Crippen LogP contribution in [0.3, 0.4) is 0 Å². The SMILES string of the molecule is CC.CC(CCC(=O)NC=O)N1C(=O)c2cccc(OCC(=O)NCc3ccc(CN)cc3)c2C1=O.CCC. The lowest BCUT2D eigenvalue weighted by molar-refractivity contribution is -0.125. The molecular formula is C29H40N4O6. The number of carbonyl (C=O) groups is 5. The molecule has 2 aromatic carbocycles. The highest BCUT2D eigenvalue weighted by Gasteiger charge is 2.40. The van der Waals surface area contributed by atoms with Crippen LogP contribution in [0.4, 0.5) is 0 Å². The van der Waals surface area contributed by atoms with E-state index in [1.807, 2.05) is 43.4 Å². The molecule has 1 aliphatic heterocycles. The van der Waals surface area contributed by atoms with Crippen LogP contribution in [0.25, 0.3) is 0 Å². The fourth-order valence-corrected chi connectivity index (χ4v) is 3.59. The molecule has 0 spiro atoms. The summed E-state index contributed by atoms with van der Waals surface area (Å²) in [7, 11) is 0. The van der Waals surface area contributed by atoms with E-state index < -0.39 is 23.8 Å². The van der Waals surface area contributed by atoms with E-state index in [1.165, 1.54) is 18.6 Å². The molecule has 0 radical (unpaired) electrons. The molecule has 5 amide bonds. The molecule has 1 aliphatic rings. The summed E-state index contributed by atoms with van der Waals surface area (Å²) in [5, 5.41) is 4.76. The normalized spacial score (nSPS) is 12.2. The van der Waals surface area contributed by atoms with Crippen molar-refractivity contribution in [3.63, 3.8) is 0 Å². The molecule has 0 saturated carbocycles. The number of imide groups is 2. The van der Waals surface area contributed by atoms with Gasteiger partial charge in [0.15, 0.2) is 6.61 Å². The number of nitrogens with zero attached hydrogens (tertiary/aromatic N) is 1. The van der Waals surface area contributed by atoms with Crippen LogP contribution in [0.5, 0.6) is 5.75 Å². The van der Waals surface area contributed by atoms with Crippen molar-refractivity contribution in [2.45, 2.75) is 73.0 Å². The van der Waals surface area contributed by atoms with Crippen molar-refractivity contribution in [3.05, 3.63) is 64.7 Å². The number of fused-ring (bicyclic) bond motifs is 1. The van der Waals surface area contributed by atoms with Crippen LogP contribution in [-0.2, 0) is 27.5 Å². The Morgan fingerprint density at radius 1 is 1.00 bits per heavy atom. The first-order chi connectivity index (χ1) is 18.8. The third-order valence-corrected chi connectivity index (χ3v) is 5.47. The fourth-order valence-electron chi connectivity index (χ4n) is 3.59. The number of amides is 5. The predicted octanol–water partition coefficient (Wildman–Crippen LogP) is 3.32. The summed E-state index contributed by atoms with van der Waals surface area (Å²) in [5.74, 6) is -1.81. The van der Waals surface area contributed by atoms with Crippen LogP contribution in [0.1, 0.15) is 85.7 Å². The van der Waals surface area contributed by atoms with Gasteiger partial charge in [0.05, 0.1) is 11.1 Å². The number of rotatable bonds is 11. The van der Waals surface area contributed by atoms with E-state index in [0.717, 1.165) is 16.0 Å². The fraction of sp³-hybridized carbons (Fsp3) is 0.414. The highest BCUT2D eigenvalue weighted by molar-refractivity contribution is 6.22. The molecule has 0 fully saturated rings. The van der Waals surface area contributed by atoms with E-state index in [0.29, 0.717) is 13.1 Å². The molecule has 10 nitrogen and oxygen atoms in total. The molecule has 1 unspecified atom stereocenters. The van der Waals surface area contributed by atoms with E-state index in [1.54, 1.807) is 13.0 Å². The Balaban J connectivity index is 0.00000142. The lowest BCUT2D eigenvalue weighted by Gasteiger charge is -2.22. The average Bonchev–Trinajstić information content (AvgIpc) is 3.21. The van der Waals surface area contributed by atoms with Gasteiger partial charge in [-0.15, -0.1) is 0 Å². The minimum atomic E-state index is -0.577. The molecule has 10 heteroatoms. The smallest absolute Gasteiger partial charge is 0.265 e. The number of ether oxygens (including phenoxy) is 1. The highest BCUT2D eigenvalue weighted by Crippen LogP contribution is 2.32. The molecule has 0 saturated heterocycles. The van der Waals surface area contributed by atoms with Crippen molar-refractivity contribution in [2.75, 3.05) is 6.61 Å². The zero-order valence-corrected chi connectivity index (χ0v) is 23.4. The summed E-state index contributed by atoms with van der Waals surface area (Å²) >= 11 is 0. The number of benzene rings is 2. The first-order valence-electron chi connectivity index (χ1n) is 13.2. The second-order valence-corrected chi connectivity index (χ2v) is 8.53. The number of carbonyl (C=O) groups excluding carboxylic acids is 5. The second-order valence-electron chi connectivity index (χ2n) is 8.53. The molecule has 0 bridgehead atoms. The molecular weight excluding hydrogens is 500 g/mol. The first-order valence-corrected chi connectivity index (χ1v) is 13.2. The van der Waals surface area contributed by atoms with E-state index in [-0.39, 0.29) is 48.6 Å². The van der Waals surface area contributed by atoms with Crippen molar-refractivity contribution in [1.82, 2.24) is 15.5 Å². The van der Waals surface area contributed by atoms with Crippen LogP contribution in [0.15, 0.2) is 42.5 Å². The van der Waals surface area contributed by atoms with Gasteiger partial charge in [-0.2, -0.15) is 0 Å². The Morgan fingerprint density at radius 3 is 2.21 bits per heavy atom. The molecule has 1 atom stereocenters.